The topological polar surface area (TPSA) is 37.8 Å². The third kappa shape index (κ3) is 4.77. The minimum absolute atomic E-state index is 0.0249. The molecule has 0 aliphatic heterocycles. The highest BCUT2D eigenvalue weighted by Crippen LogP contribution is 2.35. The molecule has 4 aromatic rings. The van der Waals surface area contributed by atoms with Crippen molar-refractivity contribution in [3.05, 3.63) is 101 Å². The molecule has 1 aromatic heterocycles. The van der Waals surface area contributed by atoms with Gasteiger partial charge in [-0.3, -0.25) is 4.98 Å². The first-order valence-corrected chi connectivity index (χ1v) is 11.2. The highest BCUT2D eigenvalue weighted by molar-refractivity contribution is 5.73. The quantitative estimate of drug-likeness (QED) is 0.349. The van der Waals surface area contributed by atoms with Crippen LogP contribution >= 0.6 is 0 Å². The van der Waals surface area contributed by atoms with E-state index in [2.05, 4.69) is 81.5 Å². The zero-order chi connectivity index (χ0) is 21.8. The van der Waals surface area contributed by atoms with Crippen LogP contribution in [0.4, 0.5) is 5.69 Å². The van der Waals surface area contributed by atoms with Crippen molar-refractivity contribution in [1.29, 1.82) is 0 Å². The van der Waals surface area contributed by atoms with Crippen molar-refractivity contribution < 1.29 is 0 Å². The van der Waals surface area contributed by atoms with Gasteiger partial charge in [-0.1, -0.05) is 88.4 Å². The van der Waals surface area contributed by atoms with E-state index in [4.69, 9.17) is 9.97 Å². The number of rotatable bonds is 7. The molecule has 0 radical (unpaired) electrons. The molecule has 1 atom stereocenters. The van der Waals surface area contributed by atoms with Crippen molar-refractivity contribution >= 4 is 16.7 Å². The van der Waals surface area contributed by atoms with Gasteiger partial charge in [-0.25, -0.2) is 4.98 Å². The van der Waals surface area contributed by atoms with Gasteiger partial charge in [0.15, 0.2) is 0 Å². The lowest BCUT2D eigenvalue weighted by Gasteiger charge is -2.26. The van der Waals surface area contributed by atoms with E-state index in [9.17, 15) is 0 Å². The van der Waals surface area contributed by atoms with Crippen LogP contribution in [0.15, 0.2) is 79.0 Å². The summed E-state index contributed by atoms with van der Waals surface area (Å²) in [6.45, 7) is 9.03. The second-order valence-corrected chi connectivity index (χ2v) is 8.79. The summed E-state index contributed by atoms with van der Waals surface area (Å²) in [4.78, 5) is 9.69. The highest BCUT2D eigenvalue weighted by atomic mass is 15.0. The maximum Gasteiger partial charge on any atom is 0.0891 e. The van der Waals surface area contributed by atoms with E-state index in [1.807, 2.05) is 30.5 Å². The van der Waals surface area contributed by atoms with Gasteiger partial charge in [-0.2, -0.15) is 0 Å². The molecule has 0 fully saturated rings. The number of fused-ring (bicyclic) bond motifs is 1. The molecule has 4 rings (SSSR count). The predicted octanol–water partition coefficient (Wildman–Crippen LogP) is 7.27. The average molecular weight is 410 g/mol. The monoisotopic (exact) mass is 409 g/mol. The van der Waals surface area contributed by atoms with Gasteiger partial charge >= 0.3 is 0 Å². The standard InChI is InChI=1S/C28H31N3/c1-19(2)22-13-10-14-23(20(3)4)28(22)31-26(17-21-11-6-5-7-12-21)27-18-29-24-15-8-9-16-25(24)30-27/h5-16,18-20,26,31H,17H2,1-4H3. The normalized spacial score (nSPS) is 12.5. The fraction of sp³-hybridized carbons (Fsp3) is 0.286. The van der Waals surface area contributed by atoms with E-state index in [-0.39, 0.29) is 6.04 Å². The number of hydrogen-bond acceptors (Lipinski definition) is 3. The molecule has 3 aromatic carbocycles. The lowest BCUT2D eigenvalue weighted by atomic mass is 9.91. The Labute approximate surface area is 185 Å². The summed E-state index contributed by atoms with van der Waals surface area (Å²) in [5.74, 6) is 0.863. The molecule has 0 saturated heterocycles. The predicted molar refractivity (Wildman–Crippen MR) is 131 cm³/mol. The molecule has 0 aliphatic rings. The van der Waals surface area contributed by atoms with Gasteiger partial charge in [0.2, 0.25) is 0 Å². The molecule has 31 heavy (non-hydrogen) atoms. The Morgan fingerprint density at radius 3 is 1.97 bits per heavy atom. The van der Waals surface area contributed by atoms with Gasteiger partial charge in [0.25, 0.3) is 0 Å². The summed E-state index contributed by atoms with van der Waals surface area (Å²) in [6.07, 6.45) is 2.77. The van der Waals surface area contributed by atoms with E-state index < -0.39 is 0 Å². The van der Waals surface area contributed by atoms with Crippen LogP contribution in [0.2, 0.25) is 0 Å². The number of benzene rings is 3. The first-order valence-electron chi connectivity index (χ1n) is 11.2. The van der Waals surface area contributed by atoms with E-state index in [1.165, 1.54) is 22.4 Å². The zero-order valence-corrected chi connectivity index (χ0v) is 18.8. The van der Waals surface area contributed by atoms with Gasteiger partial charge in [0.1, 0.15) is 0 Å². The van der Waals surface area contributed by atoms with E-state index in [0.717, 1.165) is 23.1 Å². The average Bonchev–Trinajstić information content (AvgIpc) is 2.78. The van der Waals surface area contributed by atoms with Crippen LogP contribution in [0.3, 0.4) is 0 Å². The van der Waals surface area contributed by atoms with Crippen molar-refractivity contribution in [3.8, 4) is 0 Å². The smallest absolute Gasteiger partial charge is 0.0891 e. The van der Waals surface area contributed by atoms with Crippen molar-refractivity contribution in [1.82, 2.24) is 9.97 Å². The number of nitrogens with one attached hydrogen (secondary N) is 1. The van der Waals surface area contributed by atoms with Crippen LogP contribution in [0.1, 0.15) is 68.0 Å². The lowest BCUT2D eigenvalue weighted by Crippen LogP contribution is -2.18. The van der Waals surface area contributed by atoms with Gasteiger partial charge in [0.05, 0.1) is 29.0 Å². The third-order valence-electron chi connectivity index (χ3n) is 5.80. The van der Waals surface area contributed by atoms with Crippen LogP contribution in [-0.4, -0.2) is 9.97 Å². The van der Waals surface area contributed by atoms with Crippen molar-refractivity contribution in [2.24, 2.45) is 0 Å². The summed E-state index contributed by atoms with van der Waals surface area (Å²) >= 11 is 0. The summed E-state index contributed by atoms with van der Waals surface area (Å²) in [5.41, 5.74) is 8.04. The minimum Gasteiger partial charge on any atom is -0.376 e. The Balaban J connectivity index is 1.80. The lowest BCUT2D eigenvalue weighted by molar-refractivity contribution is 0.733. The molecular weight excluding hydrogens is 378 g/mol. The molecule has 0 aliphatic carbocycles. The van der Waals surface area contributed by atoms with Crippen molar-refractivity contribution in [3.63, 3.8) is 0 Å². The molecule has 1 N–H and O–H groups in total. The number of para-hydroxylation sites is 3. The number of anilines is 1. The van der Waals surface area contributed by atoms with E-state index in [1.54, 1.807) is 0 Å². The fourth-order valence-corrected chi connectivity index (χ4v) is 4.11. The Morgan fingerprint density at radius 1 is 0.710 bits per heavy atom. The molecular formula is C28H31N3. The molecule has 0 saturated carbocycles. The first-order chi connectivity index (χ1) is 15.0. The molecule has 1 unspecified atom stereocenters. The third-order valence-corrected chi connectivity index (χ3v) is 5.80. The summed E-state index contributed by atoms with van der Waals surface area (Å²) < 4.78 is 0. The Morgan fingerprint density at radius 2 is 1.32 bits per heavy atom. The van der Waals surface area contributed by atoms with Crippen LogP contribution in [0.5, 0.6) is 0 Å². The van der Waals surface area contributed by atoms with Gasteiger partial charge in [-0.15, -0.1) is 0 Å². The maximum atomic E-state index is 4.99. The highest BCUT2D eigenvalue weighted by Gasteiger charge is 2.20. The maximum absolute atomic E-state index is 4.99. The Hall–Kier alpha value is -3.20. The molecule has 3 nitrogen and oxygen atoms in total. The SMILES string of the molecule is CC(C)c1cccc(C(C)C)c1NC(Cc1ccccc1)c1cnc2ccccc2n1. The van der Waals surface area contributed by atoms with Crippen LogP contribution in [-0.2, 0) is 6.42 Å². The number of hydrogen-bond donors (Lipinski definition) is 1. The molecule has 1 heterocycles. The number of aromatic nitrogens is 2. The Kier molecular flexibility index (Phi) is 6.31. The second-order valence-electron chi connectivity index (χ2n) is 8.79. The second kappa shape index (κ2) is 9.30. The summed E-state index contributed by atoms with van der Waals surface area (Å²) in [7, 11) is 0. The van der Waals surface area contributed by atoms with Crippen LogP contribution < -0.4 is 5.32 Å². The van der Waals surface area contributed by atoms with Crippen molar-refractivity contribution in [2.75, 3.05) is 5.32 Å². The molecule has 0 bridgehead atoms. The summed E-state index contributed by atoms with van der Waals surface area (Å²) in [5, 5.41) is 3.91. The van der Waals surface area contributed by atoms with E-state index >= 15 is 0 Å². The zero-order valence-electron chi connectivity index (χ0n) is 18.8. The fourth-order valence-electron chi connectivity index (χ4n) is 4.11. The van der Waals surface area contributed by atoms with E-state index in [0.29, 0.717) is 11.8 Å². The first kappa shape index (κ1) is 21.0. The minimum atomic E-state index is 0.0249. The van der Waals surface area contributed by atoms with Gasteiger partial charge in [-0.05, 0) is 47.1 Å². The molecule has 0 amide bonds. The Bertz CT molecular complexity index is 1120. The van der Waals surface area contributed by atoms with Crippen molar-refractivity contribution in [2.45, 2.75) is 52.0 Å². The largest absolute Gasteiger partial charge is 0.376 e. The molecule has 0 spiro atoms. The molecule has 3 heteroatoms. The van der Waals surface area contributed by atoms with Crippen LogP contribution in [0.25, 0.3) is 11.0 Å². The van der Waals surface area contributed by atoms with Crippen LogP contribution in [0, 0.1) is 0 Å². The van der Waals surface area contributed by atoms with Gasteiger partial charge < -0.3 is 5.32 Å². The van der Waals surface area contributed by atoms with Gasteiger partial charge in [0, 0.05) is 5.69 Å². The number of nitrogens with zero attached hydrogens (tertiary/aromatic N) is 2. The molecule has 158 valence electrons. The summed E-state index contributed by atoms with van der Waals surface area (Å²) in [6, 6.07) is 25.4.